The average molecular weight is 274 g/mol. The Morgan fingerprint density at radius 3 is 2.60 bits per heavy atom. The molecular weight excluding hydrogens is 252 g/mol. The van der Waals surface area contributed by atoms with Crippen LogP contribution in [0.3, 0.4) is 0 Å². The summed E-state index contributed by atoms with van der Waals surface area (Å²) in [6.45, 7) is 6.61. The van der Waals surface area contributed by atoms with Crippen LogP contribution in [0.15, 0.2) is 42.0 Å². The average Bonchev–Trinajstić information content (AvgIpc) is 3.05. The molecule has 3 nitrogen and oxygen atoms in total. The number of benzene rings is 1. The Bertz CT molecular complexity index is 488. The predicted octanol–water partition coefficient (Wildman–Crippen LogP) is 3.75. The van der Waals surface area contributed by atoms with Gasteiger partial charge in [-0.2, -0.15) is 0 Å². The topological polar surface area (TPSA) is 38.8 Å². The number of carbonyl (C=O) groups is 1. The maximum atomic E-state index is 11.7. The molecule has 1 aromatic carbocycles. The van der Waals surface area contributed by atoms with Crippen LogP contribution in [0.25, 0.3) is 0 Å². The highest BCUT2D eigenvalue weighted by atomic mass is 16.6. The molecule has 3 heteroatoms. The van der Waals surface area contributed by atoms with Crippen molar-refractivity contribution in [3.8, 4) is 0 Å². The van der Waals surface area contributed by atoms with Gasteiger partial charge in [-0.25, -0.2) is 4.79 Å². The van der Waals surface area contributed by atoms with Gasteiger partial charge in [-0.05, 0) is 51.8 Å². The molecule has 1 atom stereocenters. The van der Waals surface area contributed by atoms with Crippen molar-refractivity contribution in [2.24, 2.45) is 0 Å². The van der Waals surface area contributed by atoms with Crippen LogP contribution in [0.2, 0.25) is 0 Å². The maximum absolute atomic E-state index is 11.7. The second kappa shape index (κ2) is 6.23. The smallest absolute Gasteiger partial charge is 0.338 e. The summed E-state index contributed by atoms with van der Waals surface area (Å²) < 4.78 is 10.8. The van der Waals surface area contributed by atoms with Gasteiger partial charge in [0.25, 0.3) is 0 Å². The molecule has 1 heterocycles. The van der Waals surface area contributed by atoms with Gasteiger partial charge in [0.1, 0.15) is 6.61 Å². The van der Waals surface area contributed by atoms with Gasteiger partial charge >= 0.3 is 5.97 Å². The lowest BCUT2D eigenvalue weighted by atomic mass is 10.0. The van der Waals surface area contributed by atoms with E-state index in [0.717, 1.165) is 12.8 Å². The molecule has 1 aliphatic rings. The summed E-state index contributed by atoms with van der Waals surface area (Å²) in [6, 6.07) is 9.04. The van der Waals surface area contributed by atoms with Crippen molar-refractivity contribution < 1.29 is 14.3 Å². The van der Waals surface area contributed by atoms with E-state index in [2.05, 4.69) is 20.8 Å². The lowest BCUT2D eigenvalue weighted by Gasteiger charge is -2.03. The number of rotatable bonds is 6. The van der Waals surface area contributed by atoms with Gasteiger partial charge in [-0.1, -0.05) is 23.8 Å². The zero-order valence-electron chi connectivity index (χ0n) is 12.4. The lowest BCUT2D eigenvalue weighted by Crippen LogP contribution is -2.05. The van der Waals surface area contributed by atoms with Crippen molar-refractivity contribution in [1.82, 2.24) is 0 Å². The fourth-order valence-corrected chi connectivity index (χ4v) is 2.12. The first-order chi connectivity index (χ1) is 9.49. The van der Waals surface area contributed by atoms with Crippen LogP contribution >= 0.6 is 0 Å². The third-order valence-electron chi connectivity index (χ3n) is 3.62. The Kier molecular flexibility index (Phi) is 4.61. The van der Waals surface area contributed by atoms with Crippen molar-refractivity contribution in [3.05, 3.63) is 47.5 Å². The summed E-state index contributed by atoms with van der Waals surface area (Å²) >= 11 is 0. The van der Waals surface area contributed by atoms with E-state index >= 15 is 0 Å². The molecule has 0 aromatic heterocycles. The molecule has 0 saturated carbocycles. The molecule has 108 valence electrons. The molecule has 1 aromatic rings. The van der Waals surface area contributed by atoms with Crippen molar-refractivity contribution in [1.29, 1.82) is 0 Å². The van der Waals surface area contributed by atoms with Crippen LogP contribution in [-0.2, 0) is 9.47 Å². The van der Waals surface area contributed by atoms with Crippen LogP contribution < -0.4 is 0 Å². The zero-order chi connectivity index (χ0) is 14.6. The first kappa shape index (κ1) is 14.8. The van der Waals surface area contributed by atoms with Crippen molar-refractivity contribution >= 4 is 5.97 Å². The molecule has 1 fully saturated rings. The lowest BCUT2D eigenvalue weighted by molar-refractivity contribution is 0.0549. The van der Waals surface area contributed by atoms with Crippen LogP contribution in [0.5, 0.6) is 0 Å². The minimum Gasteiger partial charge on any atom is -0.458 e. The van der Waals surface area contributed by atoms with Crippen molar-refractivity contribution in [2.45, 2.75) is 45.3 Å². The van der Waals surface area contributed by atoms with Crippen LogP contribution in [0.4, 0.5) is 0 Å². The van der Waals surface area contributed by atoms with E-state index < -0.39 is 0 Å². The number of esters is 1. The maximum Gasteiger partial charge on any atom is 0.338 e. The fraction of sp³-hybridized carbons (Fsp3) is 0.471. The molecule has 0 amide bonds. The molecule has 1 unspecified atom stereocenters. The third-order valence-corrected chi connectivity index (χ3v) is 3.62. The highest BCUT2D eigenvalue weighted by molar-refractivity contribution is 5.89. The summed E-state index contributed by atoms with van der Waals surface area (Å²) in [5, 5.41) is 0. The van der Waals surface area contributed by atoms with E-state index in [4.69, 9.17) is 9.47 Å². The monoisotopic (exact) mass is 274 g/mol. The molecule has 0 bridgehead atoms. The number of epoxide rings is 1. The number of allylic oxidation sites excluding steroid dienone is 1. The molecule has 0 spiro atoms. The van der Waals surface area contributed by atoms with Gasteiger partial charge in [0.15, 0.2) is 0 Å². The predicted molar refractivity (Wildman–Crippen MR) is 78.7 cm³/mol. The molecule has 1 saturated heterocycles. The fourth-order valence-electron chi connectivity index (χ4n) is 2.12. The summed E-state index contributed by atoms with van der Waals surface area (Å²) in [4.78, 5) is 11.7. The van der Waals surface area contributed by atoms with Gasteiger partial charge in [0.2, 0.25) is 0 Å². The van der Waals surface area contributed by atoms with Gasteiger partial charge in [-0.3, -0.25) is 0 Å². The molecule has 0 aliphatic carbocycles. The molecule has 2 rings (SSSR count). The Hall–Kier alpha value is -1.61. The molecule has 20 heavy (non-hydrogen) atoms. The van der Waals surface area contributed by atoms with Crippen LogP contribution in [0.1, 0.15) is 44.0 Å². The van der Waals surface area contributed by atoms with Gasteiger partial charge < -0.3 is 9.47 Å². The summed E-state index contributed by atoms with van der Waals surface area (Å²) in [5.74, 6) is -0.277. The Balaban J connectivity index is 1.69. The minimum absolute atomic E-state index is 0.0556. The largest absolute Gasteiger partial charge is 0.458 e. The van der Waals surface area contributed by atoms with E-state index in [-0.39, 0.29) is 11.6 Å². The van der Waals surface area contributed by atoms with E-state index in [1.807, 2.05) is 24.3 Å². The van der Waals surface area contributed by atoms with Gasteiger partial charge in [-0.15, -0.1) is 0 Å². The molecule has 0 N–H and O–H groups in total. The minimum atomic E-state index is -0.277. The quantitative estimate of drug-likeness (QED) is 0.450. The van der Waals surface area contributed by atoms with Crippen LogP contribution in [0, 0.1) is 0 Å². The Labute approximate surface area is 120 Å². The van der Waals surface area contributed by atoms with Gasteiger partial charge in [0.05, 0.1) is 17.3 Å². The summed E-state index contributed by atoms with van der Waals surface area (Å²) in [5.41, 5.74) is 1.88. The van der Waals surface area contributed by atoms with Gasteiger partial charge in [0, 0.05) is 0 Å². The van der Waals surface area contributed by atoms with Crippen molar-refractivity contribution in [2.75, 3.05) is 6.61 Å². The second-order valence-electron chi connectivity index (χ2n) is 5.76. The van der Waals surface area contributed by atoms with E-state index in [1.165, 1.54) is 5.57 Å². The highest BCUT2D eigenvalue weighted by Crippen LogP contribution is 2.38. The first-order valence-electron chi connectivity index (χ1n) is 7.04. The third kappa shape index (κ3) is 4.20. The number of ether oxygens (including phenoxy) is 2. The summed E-state index contributed by atoms with van der Waals surface area (Å²) in [7, 11) is 0. The molecular formula is C17H22O3. The standard InChI is InChI=1S/C17H22O3/c1-13(9-10-15-17(2,3)20-15)11-12-19-16(18)14-7-5-4-6-8-14/h4-8,11,15H,9-10,12H2,1-3H3/b13-11+. The number of hydrogen-bond donors (Lipinski definition) is 0. The zero-order valence-corrected chi connectivity index (χ0v) is 12.4. The Morgan fingerprint density at radius 1 is 1.35 bits per heavy atom. The van der Waals surface area contributed by atoms with E-state index in [1.54, 1.807) is 12.1 Å². The number of carbonyl (C=O) groups excluding carboxylic acids is 1. The SMILES string of the molecule is C/C(=C\COC(=O)c1ccccc1)CCC1OC1(C)C. The first-order valence-corrected chi connectivity index (χ1v) is 7.04. The highest BCUT2D eigenvalue weighted by Gasteiger charge is 2.46. The second-order valence-corrected chi connectivity index (χ2v) is 5.76. The Morgan fingerprint density at radius 2 is 2.00 bits per heavy atom. The van der Waals surface area contributed by atoms with Crippen molar-refractivity contribution in [3.63, 3.8) is 0 Å². The van der Waals surface area contributed by atoms with E-state index in [9.17, 15) is 4.79 Å². The molecule has 0 radical (unpaired) electrons. The summed E-state index contributed by atoms with van der Waals surface area (Å²) in [6.07, 6.45) is 4.35. The molecule has 1 aliphatic heterocycles. The normalized spacial score (nSPS) is 20.6. The number of hydrogen-bond acceptors (Lipinski definition) is 3. The van der Waals surface area contributed by atoms with E-state index in [0.29, 0.717) is 18.3 Å². The van der Waals surface area contributed by atoms with Crippen LogP contribution in [-0.4, -0.2) is 24.3 Å².